The maximum Gasteiger partial charge on any atom is 0.325 e. The molecule has 0 saturated carbocycles. The Morgan fingerprint density at radius 3 is 2.96 bits per heavy atom. The van der Waals surface area contributed by atoms with Crippen molar-refractivity contribution >= 4 is 29.2 Å². The van der Waals surface area contributed by atoms with E-state index in [0.717, 1.165) is 33.1 Å². The number of fused-ring (bicyclic) bond motifs is 2. The molecular formula is C19H20N4O3S. The van der Waals surface area contributed by atoms with Crippen LogP contribution in [0.2, 0.25) is 0 Å². The zero-order valence-corrected chi connectivity index (χ0v) is 15.8. The fourth-order valence-electron chi connectivity index (χ4n) is 3.79. The Labute approximate surface area is 160 Å². The molecule has 1 aliphatic carbocycles. The number of thiazole rings is 1. The van der Waals surface area contributed by atoms with Gasteiger partial charge in [0.25, 0.3) is 5.91 Å². The summed E-state index contributed by atoms with van der Waals surface area (Å²) < 4.78 is 0. The van der Waals surface area contributed by atoms with E-state index < -0.39 is 11.6 Å². The maximum atomic E-state index is 13.0. The standard InChI is InChI=1S/C19H20N4O3S/c1-12-21-14(11-27-12)7-9-20-16(24)10-23-17(25)19(22-18(23)26)8-6-13-4-2-3-5-15(13)19/h2-5,11H,6-10H2,1H3,(H,20,24)(H,22,26). The molecule has 1 saturated heterocycles. The lowest BCUT2D eigenvalue weighted by Crippen LogP contribution is -2.44. The number of carbonyl (C=O) groups is 3. The van der Waals surface area contributed by atoms with E-state index >= 15 is 0 Å². The molecular weight excluding hydrogens is 364 g/mol. The van der Waals surface area contributed by atoms with Crippen molar-refractivity contribution in [1.29, 1.82) is 0 Å². The zero-order valence-electron chi connectivity index (χ0n) is 14.9. The van der Waals surface area contributed by atoms with Crippen LogP contribution in [0.25, 0.3) is 0 Å². The third-order valence-electron chi connectivity index (χ3n) is 5.09. The number of amides is 4. The molecule has 27 heavy (non-hydrogen) atoms. The summed E-state index contributed by atoms with van der Waals surface area (Å²) in [6.45, 7) is 2.08. The van der Waals surface area contributed by atoms with Crippen molar-refractivity contribution in [3.8, 4) is 0 Å². The van der Waals surface area contributed by atoms with Crippen LogP contribution in [0, 0.1) is 6.92 Å². The number of benzene rings is 1. The van der Waals surface area contributed by atoms with E-state index in [9.17, 15) is 14.4 Å². The Hall–Kier alpha value is -2.74. The summed E-state index contributed by atoms with van der Waals surface area (Å²) in [5.74, 6) is -0.698. The number of nitrogens with one attached hydrogen (secondary N) is 2. The summed E-state index contributed by atoms with van der Waals surface area (Å²) in [5, 5.41) is 8.53. The number of hydrogen-bond acceptors (Lipinski definition) is 5. The van der Waals surface area contributed by atoms with Crippen molar-refractivity contribution in [2.75, 3.05) is 13.1 Å². The minimum atomic E-state index is -1.02. The first-order valence-corrected chi connectivity index (χ1v) is 9.78. The number of hydrogen-bond donors (Lipinski definition) is 2. The summed E-state index contributed by atoms with van der Waals surface area (Å²) in [6.07, 6.45) is 1.88. The number of imide groups is 1. The molecule has 0 bridgehead atoms. The van der Waals surface area contributed by atoms with E-state index in [1.807, 2.05) is 36.6 Å². The van der Waals surface area contributed by atoms with Crippen molar-refractivity contribution in [3.05, 3.63) is 51.5 Å². The third-order valence-corrected chi connectivity index (χ3v) is 5.92. The lowest BCUT2D eigenvalue weighted by molar-refractivity contribution is -0.135. The van der Waals surface area contributed by atoms with Crippen LogP contribution < -0.4 is 10.6 Å². The highest BCUT2D eigenvalue weighted by Gasteiger charge is 2.55. The molecule has 1 atom stereocenters. The maximum absolute atomic E-state index is 13.0. The average Bonchev–Trinajstić information content (AvgIpc) is 3.29. The molecule has 8 heteroatoms. The second-order valence-corrected chi connectivity index (χ2v) is 7.90. The van der Waals surface area contributed by atoms with Gasteiger partial charge in [-0.2, -0.15) is 0 Å². The monoisotopic (exact) mass is 384 g/mol. The SMILES string of the molecule is Cc1nc(CCNC(=O)CN2C(=O)NC3(CCc4ccccc43)C2=O)cs1. The zero-order chi connectivity index (χ0) is 19.0. The quantitative estimate of drug-likeness (QED) is 0.765. The Morgan fingerprint density at radius 2 is 2.19 bits per heavy atom. The molecule has 1 aromatic carbocycles. The van der Waals surface area contributed by atoms with E-state index in [1.54, 1.807) is 11.3 Å². The number of carbonyl (C=O) groups excluding carboxylic acids is 3. The Morgan fingerprint density at radius 1 is 1.37 bits per heavy atom. The third kappa shape index (κ3) is 3.10. The van der Waals surface area contributed by atoms with Gasteiger partial charge in [0.1, 0.15) is 12.1 Å². The Bertz CT molecular complexity index is 925. The van der Waals surface area contributed by atoms with Crippen LogP contribution in [-0.4, -0.2) is 40.8 Å². The van der Waals surface area contributed by atoms with Crippen LogP contribution in [0.5, 0.6) is 0 Å². The first-order chi connectivity index (χ1) is 13.0. The van der Waals surface area contributed by atoms with E-state index in [1.165, 1.54) is 0 Å². The molecule has 1 aromatic heterocycles. The molecule has 7 nitrogen and oxygen atoms in total. The molecule has 2 N–H and O–H groups in total. The molecule has 1 aliphatic heterocycles. The molecule has 1 spiro atoms. The van der Waals surface area contributed by atoms with E-state index in [4.69, 9.17) is 0 Å². The minimum absolute atomic E-state index is 0.273. The van der Waals surface area contributed by atoms with Gasteiger partial charge in [-0.25, -0.2) is 9.78 Å². The van der Waals surface area contributed by atoms with Gasteiger partial charge in [-0.05, 0) is 30.9 Å². The fourth-order valence-corrected chi connectivity index (χ4v) is 4.43. The first kappa shape index (κ1) is 17.7. The fraction of sp³-hybridized carbons (Fsp3) is 0.368. The highest BCUT2D eigenvalue weighted by molar-refractivity contribution is 7.09. The average molecular weight is 384 g/mol. The van der Waals surface area contributed by atoms with Crippen LogP contribution in [0.3, 0.4) is 0 Å². The highest BCUT2D eigenvalue weighted by atomic mass is 32.1. The van der Waals surface area contributed by atoms with Gasteiger partial charge in [-0.1, -0.05) is 24.3 Å². The van der Waals surface area contributed by atoms with E-state index in [2.05, 4.69) is 15.6 Å². The normalized spacial score (nSPS) is 20.9. The number of aromatic nitrogens is 1. The van der Waals surface area contributed by atoms with Crippen molar-refractivity contribution < 1.29 is 14.4 Å². The van der Waals surface area contributed by atoms with Gasteiger partial charge in [0.05, 0.1) is 10.7 Å². The lowest BCUT2D eigenvalue weighted by atomic mass is 9.92. The Kier molecular flexibility index (Phi) is 4.43. The Balaban J connectivity index is 1.39. The molecule has 0 radical (unpaired) electrons. The molecule has 140 valence electrons. The molecule has 2 aromatic rings. The minimum Gasteiger partial charge on any atom is -0.354 e. The summed E-state index contributed by atoms with van der Waals surface area (Å²) in [6, 6.07) is 7.12. The largest absolute Gasteiger partial charge is 0.354 e. The van der Waals surface area contributed by atoms with Crippen molar-refractivity contribution in [2.45, 2.75) is 31.7 Å². The summed E-state index contributed by atoms with van der Waals surface area (Å²) in [4.78, 5) is 43.0. The molecule has 2 heterocycles. The van der Waals surface area contributed by atoms with Crippen molar-refractivity contribution in [2.24, 2.45) is 0 Å². The highest BCUT2D eigenvalue weighted by Crippen LogP contribution is 2.41. The molecule has 4 amide bonds. The van der Waals surface area contributed by atoms with E-state index in [-0.39, 0.29) is 18.4 Å². The molecule has 4 rings (SSSR count). The van der Waals surface area contributed by atoms with Crippen LogP contribution in [0.4, 0.5) is 4.79 Å². The van der Waals surface area contributed by atoms with Gasteiger partial charge >= 0.3 is 6.03 Å². The number of urea groups is 1. The lowest BCUT2D eigenvalue weighted by Gasteiger charge is -2.22. The predicted molar refractivity (Wildman–Crippen MR) is 100 cm³/mol. The van der Waals surface area contributed by atoms with Crippen LogP contribution in [0.1, 0.15) is 28.2 Å². The van der Waals surface area contributed by atoms with Gasteiger partial charge in [-0.15, -0.1) is 11.3 Å². The number of nitrogens with zero attached hydrogens (tertiary/aromatic N) is 2. The second kappa shape index (κ2) is 6.77. The van der Waals surface area contributed by atoms with Crippen molar-refractivity contribution in [1.82, 2.24) is 20.5 Å². The molecule has 1 fully saturated rings. The topological polar surface area (TPSA) is 91.4 Å². The first-order valence-electron chi connectivity index (χ1n) is 8.90. The van der Waals surface area contributed by atoms with Gasteiger partial charge < -0.3 is 10.6 Å². The molecule has 1 unspecified atom stereocenters. The summed E-state index contributed by atoms with van der Waals surface area (Å²) in [5.41, 5.74) is 1.81. The van der Waals surface area contributed by atoms with Crippen LogP contribution >= 0.6 is 11.3 Å². The van der Waals surface area contributed by atoms with Crippen LogP contribution in [-0.2, 0) is 28.0 Å². The van der Waals surface area contributed by atoms with Gasteiger partial charge in [0, 0.05) is 18.3 Å². The van der Waals surface area contributed by atoms with Crippen LogP contribution in [0.15, 0.2) is 29.6 Å². The molecule has 2 aliphatic rings. The van der Waals surface area contributed by atoms with Gasteiger partial charge in [0.15, 0.2) is 0 Å². The van der Waals surface area contributed by atoms with Gasteiger partial charge in [-0.3, -0.25) is 14.5 Å². The summed E-state index contributed by atoms with van der Waals surface area (Å²) >= 11 is 1.57. The van der Waals surface area contributed by atoms with Crippen molar-refractivity contribution in [3.63, 3.8) is 0 Å². The predicted octanol–water partition coefficient (Wildman–Crippen LogP) is 1.50. The smallest absolute Gasteiger partial charge is 0.325 e. The number of aryl methyl sites for hydroxylation is 2. The number of rotatable bonds is 5. The second-order valence-electron chi connectivity index (χ2n) is 6.84. The van der Waals surface area contributed by atoms with E-state index in [0.29, 0.717) is 19.4 Å². The summed E-state index contributed by atoms with van der Waals surface area (Å²) in [7, 11) is 0. The van der Waals surface area contributed by atoms with Gasteiger partial charge in [0.2, 0.25) is 5.91 Å².